The van der Waals surface area contributed by atoms with Crippen LogP contribution in [0.1, 0.15) is 6.42 Å². The van der Waals surface area contributed by atoms with Crippen LogP contribution in [-0.4, -0.2) is 29.2 Å². The molecule has 4 heteroatoms. The van der Waals surface area contributed by atoms with Crippen molar-refractivity contribution in [1.82, 2.24) is 0 Å². The quantitative estimate of drug-likeness (QED) is 0.420. The number of carbonyl (C=O) groups is 1. The summed E-state index contributed by atoms with van der Waals surface area (Å²) in [7, 11) is 0. The van der Waals surface area contributed by atoms with Crippen LogP contribution in [0.3, 0.4) is 0 Å². The molecule has 1 fully saturated rings. The van der Waals surface area contributed by atoms with Crippen molar-refractivity contribution < 1.29 is 14.6 Å². The van der Waals surface area contributed by atoms with Crippen LogP contribution in [0.5, 0.6) is 0 Å². The lowest BCUT2D eigenvalue weighted by Crippen LogP contribution is -2.10. The molecule has 1 heterocycles. The molecule has 0 saturated carbocycles. The second-order valence-corrected chi connectivity index (χ2v) is 2.47. The van der Waals surface area contributed by atoms with Gasteiger partial charge >= 0.3 is 5.97 Å². The van der Waals surface area contributed by atoms with Crippen molar-refractivity contribution in [3.63, 3.8) is 0 Å². The first kappa shape index (κ1) is 6.83. The predicted octanol–water partition coefficient (Wildman–Crippen LogP) is -0.0984. The molecule has 52 valence electrons. The van der Waals surface area contributed by atoms with Crippen LogP contribution in [0.2, 0.25) is 0 Å². The Balaban J connectivity index is 2.44. The highest BCUT2D eigenvalue weighted by molar-refractivity contribution is 6.30. The van der Waals surface area contributed by atoms with E-state index in [1.165, 1.54) is 0 Å². The van der Waals surface area contributed by atoms with Crippen LogP contribution in [0.25, 0.3) is 0 Å². The maximum Gasteiger partial charge on any atom is 0.324 e. The number of hydrogen-bond donors (Lipinski definition) is 1. The number of esters is 1. The fourth-order valence-electron chi connectivity index (χ4n) is 0.725. The van der Waals surface area contributed by atoms with Gasteiger partial charge in [-0.1, -0.05) is 0 Å². The number of aliphatic hydroxyl groups is 1. The van der Waals surface area contributed by atoms with E-state index in [4.69, 9.17) is 16.7 Å². The normalized spacial score (nSPS) is 34.7. The number of rotatable bonds is 1. The Bertz CT molecular complexity index is 125. The van der Waals surface area contributed by atoms with E-state index in [0.29, 0.717) is 6.42 Å². The molecule has 0 aromatic carbocycles. The molecule has 0 spiro atoms. The monoisotopic (exact) mass is 150 g/mol. The number of halogens is 1. The number of aliphatic hydroxyl groups excluding tert-OH is 1. The minimum Gasteiger partial charge on any atom is -0.459 e. The minimum absolute atomic E-state index is 0.130. The number of hydrogen-bond acceptors (Lipinski definition) is 3. The second kappa shape index (κ2) is 2.54. The van der Waals surface area contributed by atoms with Crippen molar-refractivity contribution in [1.29, 1.82) is 0 Å². The highest BCUT2D eigenvalue weighted by Crippen LogP contribution is 2.18. The largest absolute Gasteiger partial charge is 0.459 e. The third-order valence-electron chi connectivity index (χ3n) is 1.21. The van der Waals surface area contributed by atoms with Crippen LogP contribution < -0.4 is 0 Å². The second-order valence-electron chi connectivity index (χ2n) is 1.94. The fourth-order valence-corrected chi connectivity index (χ4v) is 0.975. The van der Waals surface area contributed by atoms with E-state index < -0.39 is 11.3 Å². The van der Waals surface area contributed by atoms with Gasteiger partial charge in [-0.2, -0.15) is 0 Å². The molecule has 0 amide bonds. The number of alkyl halides is 1. The van der Waals surface area contributed by atoms with Crippen molar-refractivity contribution >= 4 is 17.6 Å². The maximum absolute atomic E-state index is 10.5. The Labute approximate surface area is 57.6 Å². The van der Waals surface area contributed by atoms with Gasteiger partial charge in [-0.15, -0.1) is 11.6 Å². The van der Waals surface area contributed by atoms with Gasteiger partial charge in [0.05, 0.1) is 6.61 Å². The van der Waals surface area contributed by atoms with Crippen LogP contribution in [0.4, 0.5) is 0 Å². The van der Waals surface area contributed by atoms with Gasteiger partial charge in [0.25, 0.3) is 0 Å². The first-order valence-electron chi connectivity index (χ1n) is 2.69. The molecule has 9 heavy (non-hydrogen) atoms. The summed E-state index contributed by atoms with van der Waals surface area (Å²) in [5.41, 5.74) is 0. The Hall–Kier alpha value is -0.280. The van der Waals surface area contributed by atoms with Crippen molar-refractivity contribution in [3.05, 3.63) is 0 Å². The summed E-state index contributed by atoms with van der Waals surface area (Å²) < 4.78 is 4.60. The summed E-state index contributed by atoms with van der Waals surface area (Å²) in [4.78, 5) is 10.5. The van der Waals surface area contributed by atoms with Crippen LogP contribution in [0.15, 0.2) is 0 Å². The molecule has 3 nitrogen and oxygen atoms in total. The van der Waals surface area contributed by atoms with E-state index >= 15 is 0 Å². The molecule has 0 radical (unpaired) electrons. The highest BCUT2D eigenvalue weighted by atomic mass is 35.5. The lowest BCUT2D eigenvalue weighted by Gasteiger charge is -2.00. The molecule has 0 aromatic rings. The predicted molar refractivity (Wildman–Crippen MR) is 31.2 cm³/mol. The zero-order chi connectivity index (χ0) is 6.85. The summed E-state index contributed by atoms with van der Waals surface area (Å²) in [5.74, 6) is -0.421. The van der Waals surface area contributed by atoms with Gasteiger partial charge in [0, 0.05) is 6.42 Å². The van der Waals surface area contributed by atoms with Crippen molar-refractivity contribution in [2.45, 2.75) is 17.9 Å². The van der Waals surface area contributed by atoms with E-state index in [9.17, 15) is 4.79 Å². The molecule has 1 aliphatic heterocycles. The fraction of sp³-hybridized carbons (Fsp3) is 0.800. The van der Waals surface area contributed by atoms with Gasteiger partial charge < -0.3 is 9.84 Å². The first-order valence-corrected chi connectivity index (χ1v) is 3.13. The third kappa shape index (κ3) is 1.34. The molecule has 1 saturated heterocycles. The van der Waals surface area contributed by atoms with E-state index in [1.807, 2.05) is 0 Å². The number of ether oxygens (including phenoxy) is 1. The van der Waals surface area contributed by atoms with E-state index in [-0.39, 0.29) is 12.7 Å². The molecular weight excluding hydrogens is 144 g/mol. The molecule has 1 rings (SSSR count). The first-order chi connectivity index (χ1) is 4.24. The average Bonchev–Trinajstić information content (AvgIpc) is 2.13. The Morgan fingerprint density at radius 3 is 2.78 bits per heavy atom. The molecular formula is C5H7ClO3. The molecule has 1 aliphatic rings. The SMILES string of the molecule is O=C1O[C@H](CO)C[C@@H]1Cl. The van der Waals surface area contributed by atoms with Gasteiger partial charge in [0.2, 0.25) is 0 Å². The molecule has 0 unspecified atom stereocenters. The Morgan fingerprint density at radius 2 is 2.56 bits per heavy atom. The summed E-state index contributed by atoms with van der Waals surface area (Å²) in [6.45, 7) is -0.130. The average molecular weight is 151 g/mol. The lowest BCUT2D eigenvalue weighted by atomic mass is 10.2. The van der Waals surface area contributed by atoms with Gasteiger partial charge in [-0.05, 0) is 0 Å². The van der Waals surface area contributed by atoms with Gasteiger partial charge in [-0.25, -0.2) is 0 Å². The summed E-state index contributed by atoms with van der Waals surface area (Å²) >= 11 is 5.45. The molecule has 1 N–H and O–H groups in total. The summed E-state index contributed by atoms with van der Waals surface area (Å²) in [6.07, 6.45) is 0.0525. The van der Waals surface area contributed by atoms with Gasteiger partial charge in [0.15, 0.2) is 0 Å². The maximum atomic E-state index is 10.5. The number of carbonyl (C=O) groups excluding carboxylic acids is 1. The molecule has 2 atom stereocenters. The summed E-state index contributed by atoms with van der Waals surface area (Å²) in [6, 6.07) is 0. The van der Waals surface area contributed by atoms with Crippen molar-refractivity contribution in [2.24, 2.45) is 0 Å². The van der Waals surface area contributed by atoms with Crippen molar-refractivity contribution in [3.8, 4) is 0 Å². The standard InChI is InChI=1S/C5H7ClO3/c6-4-1-3(2-7)9-5(4)8/h3-4,7H,1-2H2/t3-,4-/m0/s1. The van der Waals surface area contributed by atoms with E-state index in [0.717, 1.165) is 0 Å². The topological polar surface area (TPSA) is 46.5 Å². The van der Waals surface area contributed by atoms with Gasteiger partial charge in [-0.3, -0.25) is 4.79 Å². The molecule has 0 aliphatic carbocycles. The minimum atomic E-state index is -0.554. The highest BCUT2D eigenvalue weighted by Gasteiger charge is 2.31. The van der Waals surface area contributed by atoms with Crippen LogP contribution in [-0.2, 0) is 9.53 Å². The zero-order valence-electron chi connectivity index (χ0n) is 4.71. The smallest absolute Gasteiger partial charge is 0.324 e. The van der Waals surface area contributed by atoms with Crippen LogP contribution >= 0.6 is 11.6 Å². The Morgan fingerprint density at radius 1 is 1.89 bits per heavy atom. The number of cyclic esters (lactones) is 1. The van der Waals surface area contributed by atoms with Gasteiger partial charge in [0.1, 0.15) is 11.5 Å². The molecule has 0 bridgehead atoms. The third-order valence-corrected chi connectivity index (χ3v) is 1.57. The lowest BCUT2D eigenvalue weighted by molar-refractivity contribution is -0.142. The van der Waals surface area contributed by atoms with E-state index in [1.54, 1.807) is 0 Å². The van der Waals surface area contributed by atoms with E-state index in [2.05, 4.69) is 4.74 Å². The summed E-state index contributed by atoms with van der Waals surface area (Å²) in [5, 5.41) is 7.91. The zero-order valence-corrected chi connectivity index (χ0v) is 5.47. The van der Waals surface area contributed by atoms with Crippen molar-refractivity contribution in [2.75, 3.05) is 6.61 Å². The molecule has 0 aromatic heterocycles. The Kier molecular flexibility index (Phi) is 1.93. The van der Waals surface area contributed by atoms with Crippen LogP contribution in [0, 0.1) is 0 Å².